The minimum Gasteiger partial charge on any atom is -0.354 e. The van der Waals surface area contributed by atoms with Crippen molar-refractivity contribution in [2.45, 2.75) is 19.3 Å². The Morgan fingerprint density at radius 1 is 1.22 bits per heavy atom. The van der Waals surface area contributed by atoms with Crippen molar-refractivity contribution >= 4 is 29.1 Å². The molecule has 0 fully saturated rings. The lowest BCUT2D eigenvalue weighted by Crippen LogP contribution is -1.97. The summed E-state index contributed by atoms with van der Waals surface area (Å²) in [4.78, 5) is 0. The minimum atomic E-state index is 0.639. The standard InChI is InChI=1S/C13H12Cl2N2O/c14-8-4-5-11(15)10(7-8)12-9-3-1-2-6-16-13(9)18-17-12/h4-5,7,16H,1-3,6H2. The molecule has 1 N–H and O–H groups in total. The van der Waals surface area contributed by atoms with E-state index in [1.54, 1.807) is 12.1 Å². The number of nitrogens with one attached hydrogen (secondary N) is 1. The van der Waals surface area contributed by atoms with Crippen LogP contribution in [-0.2, 0) is 6.42 Å². The van der Waals surface area contributed by atoms with E-state index in [0.717, 1.165) is 48.5 Å². The van der Waals surface area contributed by atoms with Crippen LogP contribution in [0.1, 0.15) is 18.4 Å². The van der Waals surface area contributed by atoms with Gasteiger partial charge in [0.1, 0.15) is 5.69 Å². The Kier molecular flexibility index (Phi) is 3.18. The number of anilines is 1. The van der Waals surface area contributed by atoms with E-state index in [2.05, 4.69) is 10.5 Å². The van der Waals surface area contributed by atoms with Crippen molar-refractivity contribution < 1.29 is 4.52 Å². The molecule has 1 aliphatic heterocycles. The van der Waals surface area contributed by atoms with Crippen LogP contribution in [-0.4, -0.2) is 11.7 Å². The number of benzene rings is 1. The molecule has 0 radical (unpaired) electrons. The predicted octanol–water partition coefficient (Wildman–Crippen LogP) is 4.40. The van der Waals surface area contributed by atoms with Gasteiger partial charge in [-0.2, -0.15) is 0 Å². The molecule has 1 aromatic heterocycles. The molecule has 0 saturated carbocycles. The van der Waals surface area contributed by atoms with Gasteiger partial charge in [-0.3, -0.25) is 0 Å². The van der Waals surface area contributed by atoms with Crippen LogP contribution < -0.4 is 5.32 Å². The number of aromatic nitrogens is 1. The van der Waals surface area contributed by atoms with Crippen molar-refractivity contribution in [1.82, 2.24) is 5.16 Å². The Hall–Kier alpha value is -1.19. The lowest BCUT2D eigenvalue weighted by atomic mass is 10.0. The van der Waals surface area contributed by atoms with Gasteiger partial charge in [-0.05, 0) is 37.5 Å². The van der Waals surface area contributed by atoms with Crippen LogP contribution in [0.25, 0.3) is 11.3 Å². The van der Waals surface area contributed by atoms with Crippen molar-refractivity contribution in [3.05, 3.63) is 33.8 Å². The van der Waals surface area contributed by atoms with E-state index in [4.69, 9.17) is 27.7 Å². The Labute approximate surface area is 115 Å². The fraction of sp³-hybridized carbons (Fsp3) is 0.308. The average molecular weight is 283 g/mol. The normalized spacial score (nSPS) is 14.8. The number of rotatable bonds is 1. The van der Waals surface area contributed by atoms with Crippen molar-refractivity contribution in [2.24, 2.45) is 0 Å². The van der Waals surface area contributed by atoms with Crippen LogP contribution in [0.2, 0.25) is 10.0 Å². The topological polar surface area (TPSA) is 38.1 Å². The third-order valence-corrected chi connectivity index (χ3v) is 3.68. The molecule has 2 aromatic rings. The van der Waals surface area contributed by atoms with Gasteiger partial charge < -0.3 is 9.84 Å². The monoisotopic (exact) mass is 282 g/mol. The molecule has 0 saturated heterocycles. The van der Waals surface area contributed by atoms with Crippen molar-refractivity contribution in [3.63, 3.8) is 0 Å². The highest BCUT2D eigenvalue weighted by atomic mass is 35.5. The minimum absolute atomic E-state index is 0.639. The second-order valence-corrected chi connectivity index (χ2v) is 5.19. The Morgan fingerprint density at radius 2 is 2.11 bits per heavy atom. The highest BCUT2D eigenvalue weighted by Crippen LogP contribution is 2.36. The number of nitrogens with zero attached hydrogens (tertiary/aromatic N) is 1. The molecule has 0 atom stereocenters. The molecule has 18 heavy (non-hydrogen) atoms. The van der Waals surface area contributed by atoms with E-state index in [1.165, 1.54) is 0 Å². The van der Waals surface area contributed by atoms with Gasteiger partial charge in [0.15, 0.2) is 0 Å². The second kappa shape index (κ2) is 4.82. The van der Waals surface area contributed by atoms with Gasteiger partial charge in [-0.15, -0.1) is 0 Å². The fourth-order valence-corrected chi connectivity index (χ4v) is 2.58. The molecule has 0 amide bonds. The average Bonchev–Trinajstić information content (AvgIpc) is 2.61. The first kappa shape index (κ1) is 11.9. The van der Waals surface area contributed by atoms with Crippen molar-refractivity contribution in [3.8, 4) is 11.3 Å². The number of halogens is 2. The summed E-state index contributed by atoms with van der Waals surface area (Å²) in [6, 6.07) is 5.38. The van der Waals surface area contributed by atoms with Gasteiger partial charge in [0.25, 0.3) is 0 Å². The summed E-state index contributed by atoms with van der Waals surface area (Å²) in [6.07, 6.45) is 3.20. The molecule has 0 bridgehead atoms. The van der Waals surface area contributed by atoms with Crippen LogP contribution in [0.4, 0.5) is 5.88 Å². The maximum absolute atomic E-state index is 6.21. The van der Waals surface area contributed by atoms with Crippen LogP contribution >= 0.6 is 23.2 Å². The smallest absolute Gasteiger partial charge is 0.228 e. The van der Waals surface area contributed by atoms with E-state index >= 15 is 0 Å². The fourth-order valence-electron chi connectivity index (χ4n) is 2.20. The highest BCUT2D eigenvalue weighted by Gasteiger charge is 2.20. The highest BCUT2D eigenvalue weighted by molar-refractivity contribution is 6.35. The van der Waals surface area contributed by atoms with Crippen molar-refractivity contribution in [1.29, 1.82) is 0 Å². The summed E-state index contributed by atoms with van der Waals surface area (Å²) in [7, 11) is 0. The summed E-state index contributed by atoms with van der Waals surface area (Å²) in [5.74, 6) is 0.763. The van der Waals surface area contributed by atoms with Gasteiger partial charge in [0, 0.05) is 22.7 Å². The van der Waals surface area contributed by atoms with E-state index in [9.17, 15) is 0 Å². The maximum Gasteiger partial charge on any atom is 0.228 e. The summed E-state index contributed by atoms with van der Waals surface area (Å²) < 4.78 is 5.35. The molecule has 1 aliphatic rings. The molecular weight excluding hydrogens is 271 g/mol. The van der Waals surface area contributed by atoms with Crippen LogP contribution in [0.3, 0.4) is 0 Å². The first-order chi connectivity index (χ1) is 8.75. The Bertz CT molecular complexity index is 580. The third-order valence-electron chi connectivity index (χ3n) is 3.11. The lowest BCUT2D eigenvalue weighted by Gasteiger charge is -2.03. The summed E-state index contributed by atoms with van der Waals surface area (Å²) in [5, 5.41) is 8.66. The maximum atomic E-state index is 6.21. The molecule has 0 unspecified atom stereocenters. The van der Waals surface area contributed by atoms with E-state index in [0.29, 0.717) is 10.0 Å². The number of fused-ring (bicyclic) bond motifs is 1. The molecular formula is C13H12Cl2N2O. The van der Waals surface area contributed by atoms with Gasteiger partial charge >= 0.3 is 0 Å². The molecule has 3 rings (SSSR count). The molecule has 0 spiro atoms. The lowest BCUT2D eigenvalue weighted by molar-refractivity contribution is 0.434. The quantitative estimate of drug-likeness (QED) is 0.843. The zero-order valence-electron chi connectivity index (χ0n) is 9.67. The largest absolute Gasteiger partial charge is 0.354 e. The second-order valence-electron chi connectivity index (χ2n) is 4.35. The number of hydrogen-bond acceptors (Lipinski definition) is 3. The van der Waals surface area contributed by atoms with Gasteiger partial charge in [0.2, 0.25) is 5.88 Å². The van der Waals surface area contributed by atoms with E-state index < -0.39 is 0 Å². The van der Waals surface area contributed by atoms with Gasteiger partial charge in [-0.1, -0.05) is 28.4 Å². The van der Waals surface area contributed by atoms with Crippen molar-refractivity contribution in [2.75, 3.05) is 11.9 Å². The van der Waals surface area contributed by atoms with Gasteiger partial charge in [-0.25, -0.2) is 0 Å². The van der Waals surface area contributed by atoms with Crippen LogP contribution in [0.5, 0.6) is 0 Å². The molecule has 5 heteroatoms. The van der Waals surface area contributed by atoms with Gasteiger partial charge in [0.05, 0.1) is 5.02 Å². The van der Waals surface area contributed by atoms with Crippen LogP contribution in [0.15, 0.2) is 22.7 Å². The first-order valence-corrected chi connectivity index (χ1v) is 6.69. The van der Waals surface area contributed by atoms with E-state index in [-0.39, 0.29) is 0 Å². The van der Waals surface area contributed by atoms with Crippen LogP contribution in [0, 0.1) is 0 Å². The Morgan fingerprint density at radius 3 is 3.00 bits per heavy atom. The zero-order chi connectivity index (χ0) is 12.5. The third kappa shape index (κ3) is 2.08. The summed E-state index contributed by atoms with van der Waals surface area (Å²) in [5.41, 5.74) is 2.72. The SMILES string of the molecule is Clc1ccc(Cl)c(-c2noc3c2CCCCN3)c1. The molecule has 2 heterocycles. The number of hydrogen-bond donors (Lipinski definition) is 1. The zero-order valence-corrected chi connectivity index (χ0v) is 11.2. The Balaban J connectivity index is 2.12. The predicted molar refractivity (Wildman–Crippen MR) is 73.4 cm³/mol. The molecule has 1 aromatic carbocycles. The summed E-state index contributed by atoms with van der Waals surface area (Å²) in [6.45, 7) is 0.922. The molecule has 3 nitrogen and oxygen atoms in total. The van der Waals surface area contributed by atoms with E-state index in [1.807, 2.05) is 6.07 Å². The summed E-state index contributed by atoms with van der Waals surface area (Å²) >= 11 is 12.2. The molecule has 94 valence electrons. The first-order valence-electron chi connectivity index (χ1n) is 5.93. The molecule has 0 aliphatic carbocycles.